The zero-order chi connectivity index (χ0) is 26.6. The van der Waals surface area contributed by atoms with E-state index in [0.717, 1.165) is 0 Å². The molecule has 13 heteroatoms. The Labute approximate surface area is 204 Å². The second-order valence-electron chi connectivity index (χ2n) is 9.12. The van der Waals surface area contributed by atoms with Gasteiger partial charge in [-0.05, 0) is 37.3 Å². The Morgan fingerprint density at radius 2 is 2.06 bits per heavy atom. The van der Waals surface area contributed by atoms with Crippen molar-refractivity contribution < 1.29 is 37.1 Å². The van der Waals surface area contributed by atoms with Gasteiger partial charge in [-0.3, -0.25) is 28.9 Å². The first-order valence-electron chi connectivity index (χ1n) is 11.4. The number of ether oxygens (including phenoxy) is 1. The average molecular weight is 512 g/mol. The van der Waals surface area contributed by atoms with Gasteiger partial charge in [0.15, 0.2) is 5.78 Å². The van der Waals surface area contributed by atoms with Gasteiger partial charge in [0.05, 0.1) is 11.6 Å². The van der Waals surface area contributed by atoms with Crippen molar-refractivity contribution in [3.05, 3.63) is 30.2 Å². The summed E-state index contributed by atoms with van der Waals surface area (Å²) >= 11 is 0. The third-order valence-electron chi connectivity index (χ3n) is 5.97. The zero-order valence-corrected chi connectivity index (χ0v) is 19.8. The van der Waals surface area contributed by atoms with Crippen molar-refractivity contribution in [1.29, 1.82) is 0 Å². The van der Waals surface area contributed by atoms with E-state index in [9.17, 15) is 32.3 Å². The third-order valence-corrected chi connectivity index (χ3v) is 5.97. The molecule has 1 aliphatic heterocycles. The summed E-state index contributed by atoms with van der Waals surface area (Å²) in [6, 6.07) is 0.659. The highest BCUT2D eigenvalue weighted by Crippen LogP contribution is 2.28. The minimum atomic E-state index is -5.04. The normalized spacial score (nSPS) is 17.7. The second kappa shape index (κ2) is 11.1. The number of carbonyl (C=O) groups excluding carboxylic acids is 4. The van der Waals surface area contributed by atoms with E-state index in [-0.39, 0.29) is 30.4 Å². The number of rotatable bonds is 11. The molecule has 2 aromatic rings. The highest BCUT2D eigenvalue weighted by Gasteiger charge is 2.36. The Bertz CT molecular complexity index is 1150. The van der Waals surface area contributed by atoms with Crippen LogP contribution < -0.4 is 16.4 Å². The van der Waals surface area contributed by atoms with Gasteiger partial charge in [-0.15, -0.1) is 13.2 Å². The van der Waals surface area contributed by atoms with Gasteiger partial charge in [-0.2, -0.15) is 0 Å². The summed E-state index contributed by atoms with van der Waals surface area (Å²) < 4.78 is 42.8. The Balaban J connectivity index is 1.95. The lowest BCUT2D eigenvalue weighted by Gasteiger charge is -2.27. The van der Waals surface area contributed by atoms with E-state index in [1.165, 1.54) is 23.0 Å². The lowest BCUT2D eigenvalue weighted by atomic mass is 9.95. The monoisotopic (exact) mass is 511 g/mol. The smallest absolute Gasteiger partial charge is 0.364 e. The number of nitrogens with two attached hydrogens (primary N) is 1. The van der Waals surface area contributed by atoms with E-state index >= 15 is 0 Å². The van der Waals surface area contributed by atoms with E-state index in [2.05, 4.69) is 20.4 Å². The topological polar surface area (TPSA) is 145 Å². The van der Waals surface area contributed by atoms with Gasteiger partial charge in [-0.1, -0.05) is 13.8 Å². The molecular weight excluding hydrogens is 483 g/mol. The number of aromatic nitrogens is 2. The van der Waals surface area contributed by atoms with E-state index in [1.54, 1.807) is 6.07 Å². The van der Waals surface area contributed by atoms with Gasteiger partial charge in [0.2, 0.25) is 11.8 Å². The molecule has 0 radical (unpaired) electrons. The van der Waals surface area contributed by atoms with Crippen molar-refractivity contribution in [2.45, 2.75) is 51.6 Å². The van der Waals surface area contributed by atoms with Crippen LogP contribution in [-0.4, -0.2) is 58.6 Å². The van der Waals surface area contributed by atoms with Crippen molar-refractivity contribution in [1.82, 2.24) is 20.2 Å². The molecule has 0 saturated carbocycles. The average Bonchev–Trinajstić information content (AvgIpc) is 3.38. The number of Topliss-reactive ketones (excluding diaryl/α,β-unsaturated/α-hetero) is 1. The minimum Gasteiger partial charge on any atom is -0.364 e. The summed E-state index contributed by atoms with van der Waals surface area (Å²) in [7, 11) is 0. The van der Waals surface area contributed by atoms with Crippen LogP contribution in [0, 0.1) is 11.8 Å². The molecule has 0 unspecified atom stereocenters. The summed E-state index contributed by atoms with van der Waals surface area (Å²) in [5.74, 6) is -3.58. The minimum absolute atomic E-state index is 0.0391. The molecule has 36 heavy (non-hydrogen) atoms. The second-order valence-corrected chi connectivity index (χ2v) is 9.12. The molecule has 3 atom stereocenters. The van der Waals surface area contributed by atoms with Gasteiger partial charge < -0.3 is 20.9 Å². The lowest BCUT2D eigenvalue weighted by Crippen LogP contribution is -2.47. The predicted molar refractivity (Wildman–Crippen MR) is 121 cm³/mol. The fraction of sp³-hybridized carbons (Fsp3) is 0.522. The van der Waals surface area contributed by atoms with Gasteiger partial charge in [0, 0.05) is 30.2 Å². The molecule has 10 nitrogen and oxygen atoms in total. The summed E-state index contributed by atoms with van der Waals surface area (Å²) in [5.41, 5.74) is 6.10. The van der Waals surface area contributed by atoms with Gasteiger partial charge >= 0.3 is 6.36 Å². The molecule has 4 N–H and O–H groups in total. The Morgan fingerprint density at radius 1 is 1.33 bits per heavy atom. The summed E-state index contributed by atoms with van der Waals surface area (Å²) in [6.45, 7) is 2.74. The number of nitrogens with zero attached hydrogens (tertiary/aromatic N) is 2. The molecule has 1 saturated heterocycles. The molecular formula is C23H28F3N5O5. The van der Waals surface area contributed by atoms with E-state index in [1.807, 2.05) is 13.8 Å². The zero-order valence-electron chi connectivity index (χ0n) is 19.8. The van der Waals surface area contributed by atoms with Crippen LogP contribution in [0.3, 0.4) is 0 Å². The first kappa shape index (κ1) is 27.1. The maximum absolute atomic E-state index is 13.6. The van der Waals surface area contributed by atoms with Gasteiger partial charge in [-0.25, -0.2) is 0 Å². The Hall–Kier alpha value is -3.48. The maximum atomic E-state index is 13.6. The highest BCUT2D eigenvalue weighted by molar-refractivity contribution is 5.99. The molecule has 3 rings (SSSR count). The number of alkyl halides is 3. The molecule has 3 heterocycles. The molecule has 1 fully saturated rings. The van der Waals surface area contributed by atoms with Crippen LogP contribution in [0.25, 0.3) is 10.9 Å². The van der Waals surface area contributed by atoms with E-state index in [0.29, 0.717) is 23.9 Å². The van der Waals surface area contributed by atoms with Crippen LogP contribution in [0.5, 0.6) is 0 Å². The Kier molecular flexibility index (Phi) is 8.33. The van der Waals surface area contributed by atoms with Crippen molar-refractivity contribution >= 4 is 34.4 Å². The molecule has 3 amide bonds. The summed E-state index contributed by atoms with van der Waals surface area (Å²) in [5, 5.41) is 5.68. The molecule has 2 aromatic heterocycles. The Morgan fingerprint density at radius 3 is 2.64 bits per heavy atom. The number of pyridine rings is 1. The molecule has 1 aliphatic rings. The van der Waals surface area contributed by atoms with Crippen LogP contribution in [0.15, 0.2) is 24.5 Å². The quantitative estimate of drug-likeness (QED) is 0.420. The number of primary amides is 1. The summed E-state index contributed by atoms with van der Waals surface area (Å²) in [4.78, 5) is 54.5. The first-order chi connectivity index (χ1) is 16.9. The highest BCUT2D eigenvalue weighted by atomic mass is 19.4. The van der Waals surface area contributed by atoms with Crippen LogP contribution in [0.2, 0.25) is 0 Å². The van der Waals surface area contributed by atoms with E-state index < -0.39 is 48.6 Å². The number of amides is 3. The number of ketones is 1. The van der Waals surface area contributed by atoms with Crippen LogP contribution in [0.1, 0.15) is 49.6 Å². The molecule has 196 valence electrons. The third kappa shape index (κ3) is 6.59. The number of hydrogen-bond donors (Lipinski definition) is 3. The van der Waals surface area contributed by atoms with Gasteiger partial charge in [0.25, 0.3) is 5.91 Å². The lowest BCUT2D eigenvalue weighted by molar-refractivity contribution is -0.321. The van der Waals surface area contributed by atoms with Crippen molar-refractivity contribution in [3.63, 3.8) is 0 Å². The van der Waals surface area contributed by atoms with E-state index in [4.69, 9.17) is 5.73 Å². The molecule has 0 aromatic carbocycles. The van der Waals surface area contributed by atoms with Gasteiger partial charge in [0.1, 0.15) is 18.3 Å². The van der Waals surface area contributed by atoms with Crippen LogP contribution >= 0.6 is 0 Å². The maximum Gasteiger partial charge on any atom is 0.522 e. The van der Waals surface area contributed by atoms with Crippen molar-refractivity contribution in [3.8, 4) is 0 Å². The van der Waals surface area contributed by atoms with Crippen LogP contribution in [-0.2, 0) is 19.1 Å². The van der Waals surface area contributed by atoms with Crippen molar-refractivity contribution in [2.24, 2.45) is 17.6 Å². The standard InChI is InChI=1S/C23H28F3N5O5/c1-12(2)7-18(31-16-4-5-28-10-14(16)9-17(31)20(27)33)22(35)30-15(8-13-3-6-29-21(13)34)19(32)11-36-23(24,25)26/h4-5,9-10,12-13,15,18H,3,6-8,11H2,1-2H3,(H2,27,33)(H,29,34)(H,30,35)/t13-,15-,18-/m0/s1. The molecule has 0 bridgehead atoms. The van der Waals surface area contributed by atoms with Crippen LogP contribution in [0.4, 0.5) is 13.2 Å². The number of carbonyl (C=O) groups is 4. The van der Waals surface area contributed by atoms with Crippen molar-refractivity contribution in [2.75, 3.05) is 13.2 Å². The predicted octanol–water partition coefficient (Wildman–Crippen LogP) is 1.84. The SMILES string of the molecule is CC(C)C[C@@H](C(=O)N[C@@H](C[C@@H]1CCNC1=O)C(=O)COC(F)(F)F)n1c(C(N)=O)cc2cnccc21. The molecule has 0 aliphatic carbocycles. The fourth-order valence-corrected chi connectivity index (χ4v) is 4.33. The fourth-order valence-electron chi connectivity index (χ4n) is 4.33. The largest absolute Gasteiger partial charge is 0.522 e. The number of halogens is 3. The number of hydrogen-bond acceptors (Lipinski definition) is 6. The summed E-state index contributed by atoms with van der Waals surface area (Å²) in [6.07, 6.45) is -1.65. The first-order valence-corrected chi connectivity index (χ1v) is 11.4. The number of nitrogens with one attached hydrogen (secondary N) is 2. The molecule has 0 spiro atoms. The number of fused-ring (bicyclic) bond motifs is 1.